The number of nitrogens with one attached hydrogen (secondary N) is 2. The van der Waals surface area contributed by atoms with Gasteiger partial charge in [-0.15, -0.1) is 0 Å². The van der Waals surface area contributed by atoms with Gasteiger partial charge < -0.3 is 21.1 Å². The van der Waals surface area contributed by atoms with Crippen LogP contribution in [0, 0.1) is 6.92 Å². The molecule has 0 heterocycles. The lowest BCUT2D eigenvalue weighted by Gasteiger charge is -2.12. The first-order chi connectivity index (χ1) is 9.06. The zero-order chi connectivity index (χ0) is 14.3. The third-order valence-corrected chi connectivity index (χ3v) is 2.34. The highest BCUT2D eigenvalue weighted by Crippen LogP contribution is 2.25. The van der Waals surface area contributed by atoms with Crippen molar-refractivity contribution in [3.63, 3.8) is 0 Å². The standard InChI is InChI=1S/C13H19N3O3/c1-3-19-11-6-9(2)4-5-10(11)16-13(18)8-15-12(17)7-14/h4-6H,3,7-8,14H2,1-2H3,(H,15,17)(H,16,18). The molecule has 0 spiro atoms. The smallest absolute Gasteiger partial charge is 0.243 e. The summed E-state index contributed by atoms with van der Waals surface area (Å²) in [5.74, 6) is -0.0864. The maximum atomic E-state index is 11.7. The first-order valence-electron chi connectivity index (χ1n) is 6.07. The summed E-state index contributed by atoms with van der Waals surface area (Å²) in [5.41, 5.74) is 6.75. The van der Waals surface area contributed by atoms with Crippen LogP contribution in [0.3, 0.4) is 0 Å². The van der Waals surface area contributed by atoms with Crippen LogP contribution in [0.1, 0.15) is 12.5 Å². The number of hydrogen-bond acceptors (Lipinski definition) is 4. The summed E-state index contributed by atoms with van der Waals surface area (Å²) in [7, 11) is 0. The summed E-state index contributed by atoms with van der Waals surface area (Å²) in [4.78, 5) is 22.6. The molecule has 0 atom stereocenters. The largest absolute Gasteiger partial charge is 0.492 e. The van der Waals surface area contributed by atoms with Crippen LogP contribution >= 0.6 is 0 Å². The number of aryl methyl sites for hydroxylation is 1. The van der Waals surface area contributed by atoms with Crippen molar-refractivity contribution in [2.75, 3.05) is 25.0 Å². The molecule has 6 heteroatoms. The Kier molecular flexibility index (Phi) is 5.81. The molecule has 0 aliphatic heterocycles. The second kappa shape index (κ2) is 7.38. The molecule has 0 radical (unpaired) electrons. The number of amides is 2. The highest BCUT2D eigenvalue weighted by atomic mass is 16.5. The zero-order valence-corrected chi connectivity index (χ0v) is 11.2. The highest BCUT2D eigenvalue weighted by Gasteiger charge is 2.09. The van der Waals surface area contributed by atoms with E-state index in [1.165, 1.54) is 0 Å². The van der Waals surface area contributed by atoms with Crippen LogP contribution in [0.25, 0.3) is 0 Å². The van der Waals surface area contributed by atoms with E-state index < -0.39 is 0 Å². The normalized spacial score (nSPS) is 9.84. The van der Waals surface area contributed by atoms with Gasteiger partial charge in [-0.25, -0.2) is 0 Å². The maximum absolute atomic E-state index is 11.7. The predicted octanol–water partition coefficient (Wildman–Crippen LogP) is 0.407. The fourth-order valence-corrected chi connectivity index (χ4v) is 1.45. The van der Waals surface area contributed by atoms with Crippen LogP contribution in [0.15, 0.2) is 18.2 Å². The summed E-state index contributed by atoms with van der Waals surface area (Å²) in [6, 6.07) is 5.48. The molecule has 0 saturated heterocycles. The SMILES string of the molecule is CCOc1cc(C)ccc1NC(=O)CNC(=O)CN. The quantitative estimate of drug-likeness (QED) is 0.694. The molecule has 0 saturated carbocycles. The Morgan fingerprint density at radius 1 is 1.32 bits per heavy atom. The van der Waals surface area contributed by atoms with Crippen molar-refractivity contribution in [1.82, 2.24) is 5.32 Å². The Labute approximate surface area is 112 Å². The van der Waals surface area contributed by atoms with E-state index in [4.69, 9.17) is 10.5 Å². The molecule has 19 heavy (non-hydrogen) atoms. The van der Waals surface area contributed by atoms with Gasteiger partial charge in [-0.05, 0) is 31.5 Å². The van der Waals surface area contributed by atoms with Gasteiger partial charge in [0.1, 0.15) is 5.75 Å². The van der Waals surface area contributed by atoms with E-state index in [9.17, 15) is 9.59 Å². The number of rotatable bonds is 6. The molecule has 2 amide bonds. The number of carbonyl (C=O) groups excluding carboxylic acids is 2. The number of ether oxygens (including phenoxy) is 1. The van der Waals surface area contributed by atoms with Crippen molar-refractivity contribution in [2.45, 2.75) is 13.8 Å². The van der Waals surface area contributed by atoms with Crippen molar-refractivity contribution in [3.8, 4) is 5.75 Å². The Morgan fingerprint density at radius 2 is 2.05 bits per heavy atom. The van der Waals surface area contributed by atoms with E-state index in [1.807, 2.05) is 26.0 Å². The molecule has 4 N–H and O–H groups in total. The van der Waals surface area contributed by atoms with Gasteiger partial charge in [0, 0.05) is 0 Å². The number of benzene rings is 1. The van der Waals surface area contributed by atoms with Gasteiger partial charge in [0.15, 0.2) is 0 Å². The molecule has 0 aromatic heterocycles. The van der Waals surface area contributed by atoms with Crippen LogP contribution in [-0.4, -0.2) is 31.5 Å². The second-order valence-electron chi connectivity index (χ2n) is 3.96. The fraction of sp³-hybridized carbons (Fsp3) is 0.385. The molecule has 0 aliphatic carbocycles. The topological polar surface area (TPSA) is 93.5 Å². The van der Waals surface area contributed by atoms with Gasteiger partial charge in [0.2, 0.25) is 11.8 Å². The number of nitrogens with two attached hydrogens (primary N) is 1. The number of carbonyl (C=O) groups is 2. The van der Waals surface area contributed by atoms with E-state index in [-0.39, 0.29) is 24.9 Å². The average Bonchev–Trinajstić information content (AvgIpc) is 2.39. The highest BCUT2D eigenvalue weighted by molar-refractivity contribution is 5.95. The van der Waals surface area contributed by atoms with Crippen molar-refractivity contribution in [1.29, 1.82) is 0 Å². The van der Waals surface area contributed by atoms with Crippen LogP contribution in [0.2, 0.25) is 0 Å². The molecule has 0 aliphatic rings. The molecule has 0 fully saturated rings. The van der Waals surface area contributed by atoms with E-state index >= 15 is 0 Å². The average molecular weight is 265 g/mol. The lowest BCUT2D eigenvalue weighted by molar-refractivity contribution is -0.123. The molecule has 1 aromatic rings. The molecule has 6 nitrogen and oxygen atoms in total. The molecular weight excluding hydrogens is 246 g/mol. The summed E-state index contributed by atoms with van der Waals surface area (Å²) in [6.07, 6.45) is 0. The van der Waals surface area contributed by atoms with E-state index in [2.05, 4.69) is 10.6 Å². The number of anilines is 1. The molecule has 1 aromatic carbocycles. The van der Waals surface area contributed by atoms with Gasteiger partial charge in [-0.2, -0.15) is 0 Å². The van der Waals surface area contributed by atoms with Gasteiger partial charge in [-0.1, -0.05) is 6.07 Å². The van der Waals surface area contributed by atoms with Gasteiger partial charge >= 0.3 is 0 Å². The predicted molar refractivity (Wildman–Crippen MR) is 73.0 cm³/mol. The van der Waals surface area contributed by atoms with E-state index in [0.29, 0.717) is 18.0 Å². The Balaban J connectivity index is 2.65. The maximum Gasteiger partial charge on any atom is 0.243 e. The molecule has 0 bridgehead atoms. The van der Waals surface area contributed by atoms with Crippen LogP contribution < -0.4 is 21.1 Å². The van der Waals surface area contributed by atoms with E-state index in [1.54, 1.807) is 6.07 Å². The Morgan fingerprint density at radius 3 is 2.68 bits per heavy atom. The zero-order valence-electron chi connectivity index (χ0n) is 11.2. The summed E-state index contributed by atoms with van der Waals surface area (Å²) >= 11 is 0. The molecule has 104 valence electrons. The Hall–Kier alpha value is -2.08. The minimum absolute atomic E-state index is 0.116. The summed E-state index contributed by atoms with van der Waals surface area (Å²) in [6.45, 7) is 4.07. The van der Waals surface area contributed by atoms with Crippen molar-refractivity contribution in [2.24, 2.45) is 5.73 Å². The van der Waals surface area contributed by atoms with E-state index in [0.717, 1.165) is 5.56 Å². The van der Waals surface area contributed by atoms with Crippen molar-refractivity contribution < 1.29 is 14.3 Å². The first kappa shape index (κ1) is 15.0. The molecular formula is C13H19N3O3. The Bertz CT molecular complexity index is 460. The minimum Gasteiger partial charge on any atom is -0.492 e. The first-order valence-corrected chi connectivity index (χ1v) is 6.07. The van der Waals surface area contributed by atoms with Crippen molar-refractivity contribution >= 4 is 17.5 Å². The molecule has 1 rings (SSSR count). The molecule has 0 unspecified atom stereocenters. The van der Waals surface area contributed by atoms with Gasteiger partial charge in [-0.3, -0.25) is 9.59 Å². The van der Waals surface area contributed by atoms with Crippen LogP contribution in [0.5, 0.6) is 5.75 Å². The number of hydrogen-bond donors (Lipinski definition) is 3. The van der Waals surface area contributed by atoms with Gasteiger partial charge in [0.05, 0.1) is 25.4 Å². The third-order valence-electron chi connectivity index (χ3n) is 2.34. The second-order valence-corrected chi connectivity index (χ2v) is 3.96. The van der Waals surface area contributed by atoms with Gasteiger partial charge in [0.25, 0.3) is 0 Å². The van der Waals surface area contributed by atoms with Crippen LogP contribution in [-0.2, 0) is 9.59 Å². The minimum atomic E-state index is -0.371. The summed E-state index contributed by atoms with van der Waals surface area (Å²) in [5, 5.41) is 5.08. The van der Waals surface area contributed by atoms with Crippen LogP contribution in [0.4, 0.5) is 5.69 Å². The fourth-order valence-electron chi connectivity index (χ4n) is 1.45. The lowest BCUT2D eigenvalue weighted by Crippen LogP contribution is -2.36. The summed E-state index contributed by atoms with van der Waals surface area (Å²) < 4.78 is 5.44. The lowest BCUT2D eigenvalue weighted by atomic mass is 10.2. The monoisotopic (exact) mass is 265 g/mol. The van der Waals surface area contributed by atoms with Crippen molar-refractivity contribution in [3.05, 3.63) is 23.8 Å². The third kappa shape index (κ3) is 4.97.